The van der Waals surface area contributed by atoms with Gasteiger partial charge in [0.1, 0.15) is 5.78 Å². The second kappa shape index (κ2) is 4.56. The Kier molecular flexibility index (Phi) is 3.14. The van der Waals surface area contributed by atoms with Gasteiger partial charge in [0.15, 0.2) is 0 Å². The predicted octanol–water partition coefficient (Wildman–Crippen LogP) is 2.94. The highest BCUT2D eigenvalue weighted by Crippen LogP contribution is 2.37. The molecule has 1 aromatic heterocycles. The molecule has 2 nitrogen and oxygen atoms in total. The molecule has 1 fully saturated rings. The molecule has 1 heterocycles. The summed E-state index contributed by atoms with van der Waals surface area (Å²) in [5, 5.41) is 0. The standard InChI is InChI=1S/C13H17NO/c1-2-10-5-6-12(15)8-13(10)11-4-3-7-14-9-11/h3-4,7,9-10,13H,2,5-6,8H2,1H3. The Labute approximate surface area is 90.7 Å². The van der Waals surface area contributed by atoms with Crippen LogP contribution in [0, 0.1) is 5.92 Å². The minimum absolute atomic E-state index is 0.407. The summed E-state index contributed by atoms with van der Waals surface area (Å²) in [4.78, 5) is 15.6. The fraction of sp³-hybridized carbons (Fsp3) is 0.538. The third-order valence-electron chi connectivity index (χ3n) is 3.45. The molecular formula is C13H17NO. The van der Waals surface area contributed by atoms with Crippen LogP contribution in [0.1, 0.15) is 44.1 Å². The number of nitrogens with zero attached hydrogens (tertiary/aromatic N) is 1. The van der Waals surface area contributed by atoms with Crippen LogP contribution in [0.5, 0.6) is 0 Å². The van der Waals surface area contributed by atoms with Gasteiger partial charge in [-0.15, -0.1) is 0 Å². The van der Waals surface area contributed by atoms with Crippen LogP contribution in [0.15, 0.2) is 24.5 Å². The van der Waals surface area contributed by atoms with Crippen molar-refractivity contribution in [3.63, 3.8) is 0 Å². The SMILES string of the molecule is CCC1CCC(=O)CC1c1cccnc1. The molecule has 0 saturated heterocycles. The lowest BCUT2D eigenvalue weighted by Gasteiger charge is -2.30. The molecule has 80 valence electrons. The van der Waals surface area contributed by atoms with Gasteiger partial charge >= 0.3 is 0 Å². The first-order chi connectivity index (χ1) is 7.31. The smallest absolute Gasteiger partial charge is 0.133 e. The van der Waals surface area contributed by atoms with Gasteiger partial charge in [0, 0.05) is 25.2 Å². The Morgan fingerprint density at radius 3 is 3.07 bits per heavy atom. The third-order valence-corrected chi connectivity index (χ3v) is 3.45. The van der Waals surface area contributed by atoms with Crippen molar-refractivity contribution in [3.05, 3.63) is 30.1 Å². The molecule has 2 heteroatoms. The molecule has 0 aliphatic heterocycles. The van der Waals surface area contributed by atoms with E-state index in [1.807, 2.05) is 12.3 Å². The lowest BCUT2D eigenvalue weighted by atomic mass is 9.74. The summed E-state index contributed by atoms with van der Waals surface area (Å²) >= 11 is 0. The van der Waals surface area contributed by atoms with Crippen molar-refractivity contribution in [2.24, 2.45) is 5.92 Å². The first-order valence-corrected chi connectivity index (χ1v) is 5.73. The molecule has 0 aromatic carbocycles. The van der Waals surface area contributed by atoms with Gasteiger partial charge in [-0.25, -0.2) is 0 Å². The highest BCUT2D eigenvalue weighted by atomic mass is 16.1. The highest BCUT2D eigenvalue weighted by Gasteiger charge is 2.29. The quantitative estimate of drug-likeness (QED) is 0.739. The van der Waals surface area contributed by atoms with Gasteiger partial charge in [0.2, 0.25) is 0 Å². The van der Waals surface area contributed by atoms with Crippen molar-refractivity contribution < 1.29 is 4.79 Å². The average Bonchev–Trinajstić information content (AvgIpc) is 2.30. The van der Waals surface area contributed by atoms with E-state index in [9.17, 15) is 4.79 Å². The van der Waals surface area contributed by atoms with E-state index in [4.69, 9.17) is 0 Å². The van der Waals surface area contributed by atoms with Crippen LogP contribution in [0.3, 0.4) is 0 Å². The van der Waals surface area contributed by atoms with Crippen LogP contribution < -0.4 is 0 Å². The average molecular weight is 203 g/mol. The third kappa shape index (κ3) is 2.25. The van der Waals surface area contributed by atoms with Crippen molar-refractivity contribution >= 4 is 5.78 Å². The van der Waals surface area contributed by atoms with Crippen molar-refractivity contribution in [2.75, 3.05) is 0 Å². The van der Waals surface area contributed by atoms with Crippen molar-refractivity contribution in [1.29, 1.82) is 0 Å². The van der Waals surface area contributed by atoms with Crippen molar-refractivity contribution in [1.82, 2.24) is 4.98 Å². The maximum Gasteiger partial charge on any atom is 0.133 e. The number of Topliss-reactive ketones (excluding diaryl/α,β-unsaturated/α-hetero) is 1. The molecule has 15 heavy (non-hydrogen) atoms. The second-order valence-electron chi connectivity index (χ2n) is 4.34. The van der Waals surface area contributed by atoms with E-state index in [-0.39, 0.29) is 0 Å². The van der Waals surface area contributed by atoms with Crippen LogP contribution in [-0.2, 0) is 4.79 Å². The second-order valence-corrected chi connectivity index (χ2v) is 4.34. The van der Waals surface area contributed by atoms with E-state index < -0.39 is 0 Å². The van der Waals surface area contributed by atoms with E-state index >= 15 is 0 Å². The van der Waals surface area contributed by atoms with Gasteiger partial charge in [-0.3, -0.25) is 9.78 Å². The van der Waals surface area contributed by atoms with Gasteiger partial charge in [-0.1, -0.05) is 19.4 Å². The summed E-state index contributed by atoms with van der Waals surface area (Å²) in [5.74, 6) is 1.48. The molecule has 0 bridgehead atoms. The monoisotopic (exact) mass is 203 g/mol. The van der Waals surface area contributed by atoms with Crippen LogP contribution in [0.4, 0.5) is 0 Å². The summed E-state index contributed by atoms with van der Waals surface area (Å²) in [6, 6.07) is 4.06. The van der Waals surface area contributed by atoms with E-state index in [1.54, 1.807) is 6.20 Å². The van der Waals surface area contributed by atoms with Crippen LogP contribution in [0.25, 0.3) is 0 Å². The zero-order chi connectivity index (χ0) is 10.7. The Bertz CT molecular complexity index is 334. The molecule has 2 atom stereocenters. The summed E-state index contributed by atoms with van der Waals surface area (Å²) in [5.41, 5.74) is 1.23. The van der Waals surface area contributed by atoms with E-state index in [0.717, 1.165) is 19.3 Å². The maximum absolute atomic E-state index is 11.5. The summed E-state index contributed by atoms with van der Waals surface area (Å²) in [6.07, 6.45) is 7.39. The molecule has 1 aliphatic rings. The predicted molar refractivity (Wildman–Crippen MR) is 59.6 cm³/mol. The molecule has 2 rings (SSSR count). The Morgan fingerprint density at radius 1 is 1.53 bits per heavy atom. The van der Waals surface area contributed by atoms with Crippen molar-refractivity contribution in [3.8, 4) is 0 Å². The zero-order valence-corrected chi connectivity index (χ0v) is 9.15. The van der Waals surface area contributed by atoms with E-state index in [2.05, 4.69) is 18.0 Å². The molecule has 1 saturated carbocycles. The Balaban J connectivity index is 2.21. The van der Waals surface area contributed by atoms with Gasteiger partial charge in [-0.2, -0.15) is 0 Å². The first-order valence-electron chi connectivity index (χ1n) is 5.73. The minimum Gasteiger partial charge on any atom is -0.300 e. The van der Waals surface area contributed by atoms with E-state index in [0.29, 0.717) is 24.0 Å². The number of carbonyl (C=O) groups is 1. The van der Waals surface area contributed by atoms with E-state index in [1.165, 1.54) is 5.56 Å². The fourth-order valence-electron chi connectivity index (χ4n) is 2.54. The van der Waals surface area contributed by atoms with Crippen LogP contribution in [-0.4, -0.2) is 10.8 Å². The Morgan fingerprint density at radius 2 is 2.40 bits per heavy atom. The molecule has 0 N–H and O–H groups in total. The fourth-order valence-corrected chi connectivity index (χ4v) is 2.54. The Hall–Kier alpha value is -1.18. The molecule has 0 amide bonds. The lowest BCUT2D eigenvalue weighted by molar-refractivity contribution is -0.121. The number of rotatable bonds is 2. The van der Waals surface area contributed by atoms with Crippen LogP contribution >= 0.6 is 0 Å². The number of ketones is 1. The number of aromatic nitrogens is 1. The normalized spacial score (nSPS) is 26.6. The molecule has 1 aliphatic carbocycles. The maximum atomic E-state index is 11.5. The number of hydrogen-bond donors (Lipinski definition) is 0. The molecule has 0 radical (unpaired) electrons. The highest BCUT2D eigenvalue weighted by molar-refractivity contribution is 5.80. The molecular weight excluding hydrogens is 186 g/mol. The number of hydrogen-bond acceptors (Lipinski definition) is 2. The van der Waals surface area contributed by atoms with Crippen molar-refractivity contribution in [2.45, 2.75) is 38.5 Å². The summed E-state index contributed by atoms with van der Waals surface area (Å²) in [7, 11) is 0. The lowest BCUT2D eigenvalue weighted by Crippen LogP contribution is -2.22. The zero-order valence-electron chi connectivity index (χ0n) is 9.15. The molecule has 0 spiro atoms. The topological polar surface area (TPSA) is 30.0 Å². The van der Waals surface area contributed by atoms with Gasteiger partial charge in [0.25, 0.3) is 0 Å². The van der Waals surface area contributed by atoms with Gasteiger partial charge in [0.05, 0.1) is 0 Å². The van der Waals surface area contributed by atoms with Gasteiger partial charge < -0.3 is 0 Å². The summed E-state index contributed by atoms with van der Waals surface area (Å²) in [6.45, 7) is 2.21. The number of pyridine rings is 1. The first kappa shape index (κ1) is 10.3. The molecule has 2 unspecified atom stereocenters. The number of carbonyl (C=O) groups excluding carboxylic acids is 1. The minimum atomic E-state index is 0.407. The summed E-state index contributed by atoms with van der Waals surface area (Å²) < 4.78 is 0. The van der Waals surface area contributed by atoms with Crippen LogP contribution in [0.2, 0.25) is 0 Å². The molecule has 1 aromatic rings. The van der Waals surface area contributed by atoms with Gasteiger partial charge in [-0.05, 0) is 29.9 Å². The largest absolute Gasteiger partial charge is 0.300 e.